The Bertz CT molecular complexity index is 807. The highest BCUT2D eigenvalue weighted by molar-refractivity contribution is 8.06. The van der Waals surface area contributed by atoms with Gasteiger partial charge in [0.1, 0.15) is 0 Å². The summed E-state index contributed by atoms with van der Waals surface area (Å²) in [4.78, 5) is 0.558. The van der Waals surface area contributed by atoms with Crippen LogP contribution in [0.1, 0.15) is 31.4 Å². The molecule has 24 heavy (non-hydrogen) atoms. The Kier molecular flexibility index (Phi) is 5.18. The number of hydrogen-bond donors (Lipinski definition) is 0. The SMILES string of the molecule is CCCCN1[C@H](c2ccccc2)[C@@H]([S@](=O)c2ccccc2)S1(=O)=O. The van der Waals surface area contributed by atoms with E-state index < -0.39 is 25.4 Å². The Morgan fingerprint density at radius 3 is 2.17 bits per heavy atom. The molecule has 1 aliphatic rings. The first-order valence-electron chi connectivity index (χ1n) is 8.08. The lowest BCUT2D eigenvalue weighted by molar-refractivity contribution is 0.276. The number of benzene rings is 2. The van der Waals surface area contributed by atoms with Crippen molar-refractivity contribution < 1.29 is 12.6 Å². The average Bonchev–Trinajstić information content (AvgIpc) is 2.61. The van der Waals surface area contributed by atoms with E-state index in [1.165, 1.54) is 4.31 Å². The fourth-order valence-electron chi connectivity index (χ4n) is 3.00. The van der Waals surface area contributed by atoms with Gasteiger partial charge in [-0.25, -0.2) is 8.42 Å². The first kappa shape index (κ1) is 17.3. The second kappa shape index (κ2) is 7.17. The molecule has 128 valence electrons. The molecular weight excluding hydrogens is 342 g/mol. The molecule has 1 aliphatic heterocycles. The van der Waals surface area contributed by atoms with Crippen molar-refractivity contribution in [1.82, 2.24) is 4.31 Å². The summed E-state index contributed by atoms with van der Waals surface area (Å²) in [5.41, 5.74) is 0.901. The average molecular weight is 364 g/mol. The van der Waals surface area contributed by atoms with Gasteiger partial charge in [-0.2, -0.15) is 4.31 Å². The van der Waals surface area contributed by atoms with Crippen LogP contribution in [0.15, 0.2) is 65.6 Å². The molecule has 3 rings (SSSR count). The molecule has 2 aromatic rings. The van der Waals surface area contributed by atoms with Crippen LogP contribution in [-0.4, -0.2) is 28.1 Å². The van der Waals surface area contributed by atoms with Gasteiger partial charge in [-0.15, -0.1) is 0 Å². The van der Waals surface area contributed by atoms with Crippen LogP contribution >= 0.6 is 0 Å². The van der Waals surface area contributed by atoms with E-state index in [-0.39, 0.29) is 6.04 Å². The van der Waals surface area contributed by atoms with Gasteiger partial charge in [0.05, 0.1) is 16.8 Å². The Morgan fingerprint density at radius 2 is 1.58 bits per heavy atom. The third kappa shape index (κ3) is 3.06. The molecule has 4 nitrogen and oxygen atoms in total. The predicted molar refractivity (Wildman–Crippen MR) is 96.4 cm³/mol. The molecule has 0 bridgehead atoms. The molecule has 0 saturated carbocycles. The first-order chi connectivity index (χ1) is 11.6. The van der Waals surface area contributed by atoms with Gasteiger partial charge in [-0.1, -0.05) is 61.9 Å². The topological polar surface area (TPSA) is 54.5 Å². The van der Waals surface area contributed by atoms with Crippen molar-refractivity contribution in [2.75, 3.05) is 6.54 Å². The van der Waals surface area contributed by atoms with Crippen molar-refractivity contribution in [1.29, 1.82) is 0 Å². The maximum Gasteiger partial charge on any atom is 0.231 e. The lowest BCUT2D eigenvalue weighted by Crippen LogP contribution is -2.59. The lowest BCUT2D eigenvalue weighted by atomic mass is 10.1. The zero-order chi connectivity index (χ0) is 17.2. The number of rotatable bonds is 6. The van der Waals surface area contributed by atoms with Crippen molar-refractivity contribution in [3.63, 3.8) is 0 Å². The first-order valence-corrected chi connectivity index (χ1v) is 10.8. The molecule has 2 aromatic carbocycles. The minimum Gasteiger partial charge on any atom is -0.253 e. The van der Waals surface area contributed by atoms with E-state index in [2.05, 4.69) is 0 Å². The van der Waals surface area contributed by atoms with Crippen LogP contribution in [0.3, 0.4) is 0 Å². The van der Waals surface area contributed by atoms with Gasteiger partial charge in [0, 0.05) is 11.4 Å². The second-order valence-corrected chi connectivity index (χ2v) is 9.72. The van der Waals surface area contributed by atoms with E-state index in [0.29, 0.717) is 11.4 Å². The number of unbranched alkanes of at least 4 members (excludes halogenated alkanes) is 1. The molecule has 0 spiro atoms. The van der Waals surface area contributed by atoms with Gasteiger partial charge in [-0.05, 0) is 24.1 Å². The van der Waals surface area contributed by atoms with E-state index in [4.69, 9.17) is 0 Å². The molecule has 6 heteroatoms. The fourth-order valence-corrected chi connectivity index (χ4v) is 7.50. The van der Waals surface area contributed by atoms with E-state index in [1.807, 2.05) is 43.3 Å². The summed E-state index contributed by atoms with van der Waals surface area (Å²) in [6.45, 7) is 2.50. The fraction of sp³-hybridized carbons (Fsp3) is 0.333. The van der Waals surface area contributed by atoms with E-state index >= 15 is 0 Å². The molecular formula is C18H21NO3S2. The van der Waals surface area contributed by atoms with Crippen LogP contribution in [0, 0.1) is 0 Å². The molecule has 0 aromatic heterocycles. The summed E-state index contributed by atoms with van der Waals surface area (Å²) >= 11 is 0. The third-order valence-corrected chi connectivity index (χ3v) is 8.83. The van der Waals surface area contributed by atoms with E-state index in [9.17, 15) is 12.6 Å². The van der Waals surface area contributed by atoms with Gasteiger partial charge >= 0.3 is 0 Å². The smallest absolute Gasteiger partial charge is 0.231 e. The monoisotopic (exact) mass is 363 g/mol. The summed E-state index contributed by atoms with van der Waals surface area (Å²) in [6, 6.07) is 18.0. The van der Waals surface area contributed by atoms with Gasteiger partial charge in [0.15, 0.2) is 4.58 Å². The molecule has 1 fully saturated rings. The Balaban J connectivity index is 1.98. The summed E-state index contributed by atoms with van der Waals surface area (Å²) < 4.78 is 39.1. The Morgan fingerprint density at radius 1 is 1.00 bits per heavy atom. The lowest BCUT2D eigenvalue weighted by Gasteiger charge is -2.46. The highest BCUT2D eigenvalue weighted by atomic mass is 32.3. The van der Waals surface area contributed by atoms with Gasteiger partial charge in [-0.3, -0.25) is 4.21 Å². The molecule has 0 unspecified atom stereocenters. The number of hydrogen-bond acceptors (Lipinski definition) is 3. The summed E-state index contributed by atoms with van der Waals surface area (Å²) in [5, 5.41) is 0. The maximum absolute atomic E-state index is 13.0. The van der Waals surface area contributed by atoms with Crippen molar-refractivity contribution in [2.24, 2.45) is 0 Å². The van der Waals surface area contributed by atoms with E-state index in [1.54, 1.807) is 24.3 Å². The highest BCUT2D eigenvalue weighted by Gasteiger charge is 2.57. The van der Waals surface area contributed by atoms with Gasteiger partial charge in [0.2, 0.25) is 10.0 Å². The third-order valence-electron chi connectivity index (χ3n) is 4.25. The highest BCUT2D eigenvalue weighted by Crippen LogP contribution is 2.45. The molecule has 3 atom stereocenters. The zero-order valence-corrected chi connectivity index (χ0v) is 15.2. The molecule has 1 heterocycles. The van der Waals surface area contributed by atoms with Gasteiger partial charge < -0.3 is 0 Å². The quantitative estimate of drug-likeness (QED) is 0.791. The minimum atomic E-state index is -3.55. The van der Waals surface area contributed by atoms with Crippen molar-refractivity contribution in [3.8, 4) is 0 Å². The van der Waals surface area contributed by atoms with Crippen molar-refractivity contribution in [2.45, 2.75) is 35.3 Å². The number of sulfonamides is 1. The van der Waals surface area contributed by atoms with Crippen LogP contribution in [0.25, 0.3) is 0 Å². The minimum absolute atomic E-state index is 0.358. The van der Waals surface area contributed by atoms with Crippen LogP contribution in [-0.2, 0) is 20.8 Å². The normalized spacial score (nSPS) is 24.2. The van der Waals surface area contributed by atoms with Crippen LogP contribution in [0.4, 0.5) is 0 Å². The van der Waals surface area contributed by atoms with Crippen molar-refractivity contribution in [3.05, 3.63) is 66.2 Å². The Labute approximate surface area is 146 Å². The summed E-state index contributed by atoms with van der Waals surface area (Å²) in [7, 11) is -5.14. The molecule has 0 aliphatic carbocycles. The predicted octanol–water partition coefficient (Wildman–Crippen LogP) is 3.31. The van der Waals surface area contributed by atoms with Crippen molar-refractivity contribution >= 4 is 20.8 Å². The molecule has 0 amide bonds. The second-order valence-electron chi connectivity index (χ2n) is 5.84. The van der Waals surface area contributed by atoms with Crippen LogP contribution in [0.5, 0.6) is 0 Å². The molecule has 0 N–H and O–H groups in total. The van der Waals surface area contributed by atoms with Crippen LogP contribution < -0.4 is 0 Å². The molecule has 0 radical (unpaired) electrons. The largest absolute Gasteiger partial charge is 0.253 e. The standard InChI is InChI=1S/C18H21NO3S2/c1-2-3-14-19-17(15-10-6-4-7-11-15)18(24(19,21)22)23(20)16-12-8-5-9-13-16/h4-13,17-18H,2-3,14H2,1H3/t17-,18+,23-/m1/s1. The number of nitrogens with zero attached hydrogens (tertiary/aromatic N) is 1. The summed E-state index contributed by atoms with van der Waals surface area (Å²) in [6.07, 6.45) is 1.72. The van der Waals surface area contributed by atoms with Crippen LogP contribution in [0.2, 0.25) is 0 Å². The molecule has 1 saturated heterocycles. The van der Waals surface area contributed by atoms with Gasteiger partial charge in [0.25, 0.3) is 0 Å². The van der Waals surface area contributed by atoms with E-state index in [0.717, 1.165) is 18.4 Å². The summed E-state index contributed by atoms with van der Waals surface area (Å²) in [5.74, 6) is 0. The Hall–Kier alpha value is -1.50. The zero-order valence-electron chi connectivity index (χ0n) is 13.5. The maximum atomic E-state index is 13.0.